The number of carbonyl (C=O) groups is 2. The van der Waals surface area contributed by atoms with Crippen LogP contribution in [0.1, 0.15) is 12.5 Å². The van der Waals surface area contributed by atoms with Gasteiger partial charge < -0.3 is 10.5 Å². The maximum Gasteiger partial charge on any atom is 0.405 e. The molecule has 0 fully saturated rings. The Bertz CT molecular complexity index is 377. The minimum atomic E-state index is -1.33. The molecule has 1 atom stereocenters. The molecular formula is C10H10BrNO3. The monoisotopic (exact) mass is 271 g/mol. The highest BCUT2D eigenvalue weighted by Crippen LogP contribution is 2.24. The largest absolute Gasteiger partial charge is 0.431 e. The van der Waals surface area contributed by atoms with Crippen LogP contribution in [0.15, 0.2) is 28.7 Å². The molecule has 0 saturated carbocycles. The first-order valence-electron chi connectivity index (χ1n) is 4.19. The number of hydrogen-bond donors (Lipinski definition) is 1. The van der Waals surface area contributed by atoms with E-state index in [4.69, 9.17) is 10.5 Å². The van der Waals surface area contributed by atoms with E-state index in [2.05, 4.69) is 15.9 Å². The number of primary amides is 1. The molecular weight excluding hydrogens is 262 g/mol. The summed E-state index contributed by atoms with van der Waals surface area (Å²) in [6.45, 7) is 1.48. The van der Waals surface area contributed by atoms with Crippen LogP contribution < -0.4 is 5.73 Å². The van der Waals surface area contributed by atoms with Gasteiger partial charge in [0.2, 0.25) is 0 Å². The van der Waals surface area contributed by atoms with Crippen LogP contribution in [0.3, 0.4) is 0 Å². The Morgan fingerprint density at radius 3 is 2.40 bits per heavy atom. The third kappa shape index (κ3) is 2.79. The smallest absolute Gasteiger partial charge is 0.405 e. The van der Waals surface area contributed by atoms with Gasteiger partial charge in [-0.15, -0.1) is 0 Å². The second kappa shape index (κ2) is 4.44. The number of rotatable bonds is 3. The molecule has 0 saturated heterocycles. The fraction of sp³-hybridized carbons (Fsp3) is 0.200. The molecule has 0 aromatic heterocycles. The molecule has 1 aromatic carbocycles. The van der Waals surface area contributed by atoms with Gasteiger partial charge in [0.05, 0.1) is 0 Å². The van der Waals surface area contributed by atoms with Crippen molar-refractivity contribution in [2.45, 2.75) is 12.5 Å². The Labute approximate surface area is 95.5 Å². The van der Waals surface area contributed by atoms with Crippen molar-refractivity contribution < 1.29 is 14.3 Å². The lowest BCUT2D eigenvalue weighted by molar-refractivity contribution is -0.123. The Morgan fingerprint density at radius 2 is 2.00 bits per heavy atom. The molecule has 0 heterocycles. The van der Waals surface area contributed by atoms with E-state index in [1.165, 1.54) is 6.92 Å². The van der Waals surface area contributed by atoms with Crippen molar-refractivity contribution >= 4 is 28.3 Å². The van der Waals surface area contributed by atoms with Crippen LogP contribution in [0.4, 0.5) is 4.79 Å². The van der Waals surface area contributed by atoms with Crippen molar-refractivity contribution in [3.63, 3.8) is 0 Å². The van der Waals surface area contributed by atoms with E-state index in [-0.39, 0.29) is 0 Å². The number of halogens is 1. The predicted molar refractivity (Wildman–Crippen MR) is 58.2 cm³/mol. The van der Waals surface area contributed by atoms with Crippen molar-refractivity contribution in [1.82, 2.24) is 0 Å². The van der Waals surface area contributed by atoms with Gasteiger partial charge in [-0.05, 0) is 19.1 Å². The standard InChI is InChI=1S/C10H10BrNO3/c1-10(6-13,15-9(12)14)7-2-4-8(11)5-3-7/h2-6H,1H3,(H2,12,14)/t10-/m0/s1. The zero-order valence-corrected chi connectivity index (χ0v) is 9.65. The highest BCUT2D eigenvalue weighted by Gasteiger charge is 2.29. The summed E-state index contributed by atoms with van der Waals surface area (Å²) in [6.07, 6.45) is -0.436. The third-order valence-electron chi connectivity index (χ3n) is 1.95. The number of hydrogen-bond acceptors (Lipinski definition) is 3. The number of aldehydes is 1. The van der Waals surface area contributed by atoms with Crippen molar-refractivity contribution in [1.29, 1.82) is 0 Å². The molecule has 1 aromatic rings. The Hall–Kier alpha value is -1.36. The lowest BCUT2D eigenvalue weighted by Crippen LogP contribution is -2.33. The number of benzene rings is 1. The summed E-state index contributed by atoms with van der Waals surface area (Å²) in [5, 5.41) is 0. The van der Waals surface area contributed by atoms with Crippen LogP contribution >= 0.6 is 15.9 Å². The van der Waals surface area contributed by atoms with Gasteiger partial charge in [-0.25, -0.2) is 4.79 Å². The molecule has 0 aliphatic heterocycles. The van der Waals surface area contributed by atoms with E-state index >= 15 is 0 Å². The van der Waals surface area contributed by atoms with E-state index < -0.39 is 11.7 Å². The Balaban J connectivity index is 3.05. The first kappa shape index (κ1) is 11.7. The van der Waals surface area contributed by atoms with E-state index in [0.717, 1.165) is 4.47 Å². The zero-order chi connectivity index (χ0) is 11.5. The second-order valence-electron chi connectivity index (χ2n) is 3.15. The number of nitrogens with two attached hydrogens (primary N) is 1. The van der Waals surface area contributed by atoms with Gasteiger partial charge in [-0.1, -0.05) is 28.1 Å². The SMILES string of the molecule is C[C@@](C=O)(OC(N)=O)c1ccc(Br)cc1. The maximum atomic E-state index is 10.9. The fourth-order valence-electron chi connectivity index (χ4n) is 1.14. The molecule has 0 spiro atoms. The lowest BCUT2D eigenvalue weighted by Gasteiger charge is -2.22. The summed E-state index contributed by atoms with van der Waals surface area (Å²) in [6, 6.07) is 6.87. The Kier molecular flexibility index (Phi) is 3.47. The average Bonchev–Trinajstić information content (AvgIpc) is 2.17. The molecule has 1 amide bonds. The van der Waals surface area contributed by atoms with E-state index in [0.29, 0.717) is 11.8 Å². The van der Waals surface area contributed by atoms with Gasteiger partial charge in [0, 0.05) is 10.0 Å². The van der Waals surface area contributed by atoms with Gasteiger partial charge in [-0.2, -0.15) is 0 Å². The maximum absolute atomic E-state index is 10.9. The van der Waals surface area contributed by atoms with Crippen molar-refractivity contribution in [2.75, 3.05) is 0 Å². The molecule has 0 unspecified atom stereocenters. The number of amides is 1. The average molecular weight is 272 g/mol. The predicted octanol–water partition coefficient (Wildman–Crippen LogP) is 1.96. The molecule has 0 aliphatic carbocycles. The summed E-state index contributed by atoms with van der Waals surface area (Å²) in [5.41, 5.74) is 4.13. The van der Waals surface area contributed by atoms with Gasteiger partial charge in [-0.3, -0.25) is 4.79 Å². The quantitative estimate of drug-likeness (QED) is 0.855. The highest BCUT2D eigenvalue weighted by atomic mass is 79.9. The van der Waals surface area contributed by atoms with Gasteiger partial charge >= 0.3 is 6.09 Å². The van der Waals surface area contributed by atoms with E-state index in [1.807, 2.05) is 0 Å². The number of ether oxygens (including phenoxy) is 1. The molecule has 80 valence electrons. The normalized spacial score (nSPS) is 14.0. The topological polar surface area (TPSA) is 69.4 Å². The molecule has 2 N–H and O–H groups in total. The number of carbonyl (C=O) groups excluding carboxylic acids is 2. The second-order valence-corrected chi connectivity index (χ2v) is 4.07. The van der Waals surface area contributed by atoms with Crippen LogP contribution in [0.2, 0.25) is 0 Å². The van der Waals surface area contributed by atoms with Crippen LogP contribution in [0.25, 0.3) is 0 Å². The molecule has 4 nitrogen and oxygen atoms in total. The summed E-state index contributed by atoms with van der Waals surface area (Å²) in [7, 11) is 0. The van der Waals surface area contributed by atoms with E-state index in [1.54, 1.807) is 24.3 Å². The van der Waals surface area contributed by atoms with E-state index in [9.17, 15) is 9.59 Å². The fourth-order valence-corrected chi connectivity index (χ4v) is 1.41. The molecule has 0 radical (unpaired) electrons. The lowest BCUT2D eigenvalue weighted by atomic mass is 9.98. The summed E-state index contributed by atoms with van der Waals surface area (Å²) < 4.78 is 5.64. The highest BCUT2D eigenvalue weighted by molar-refractivity contribution is 9.10. The summed E-state index contributed by atoms with van der Waals surface area (Å²) >= 11 is 3.26. The van der Waals surface area contributed by atoms with Crippen molar-refractivity contribution in [2.24, 2.45) is 5.73 Å². The molecule has 1 rings (SSSR count). The minimum Gasteiger partial charge on any atom is -0.431 e. The van der Waals surface area contributed by atoms with Crippen molar-refractivity contribution in [3.8, 4) is 0 Å². The van der Waals surface area contributed by atoms with Crippen molar-refractivity contribution in [3.05, 3.63) is 34.3 Å². The van der Waals surface area contributed by atoms with Crippen LogP contribution in [0.5, 0.6) is 0 Å². The minimum absolute atomic E-state index is 0.543. The van der Waals surface area contributed by atoms with Crippen LogP contribution in [-0.4, -0.2) is 12.4 Å². The van der Waals surface area contributed by atoms with Crippen LogP contribution in [0, 0.1) is 0 Å². The Morgan fingerprint density at radius 1 is 1.47 bits per heavy atom. The molecule has 5 heteroatoms. The first-order valence-corrected chi connectivity index (χ1v) is 4.98. The summed E-state index contributed by atoms with van der Waals surface area (Å²) in [5.74, 6) is 0. The van der Waals surface area contributed by atoms with Crippen LogP contribution in [-0.2, 0) is 15.1 Å². The molecule has 0 aliphatic rings. The molecule has 0 bridgehead atoms. The summed E-state index contributed by atoms with van der Waals surface area (Å²) in [4.78, 5) is 21.5. The zero-order valence-electron chi connectivity index (χ0n) is 8.07. The third-order valence-corrected chi connectivity index (χ3v) is 2.48. The first-order chi connectivity index (χ1) is 6.98. The van der Waals surface area contributed by atoms with Gasteiger partial charge in [0.25, 0.3) is 0 Å². The van der Waals surface area contributed by atoms with Gasteiger partial charge in [0.15, 0.2) is 11.9 Å². The van der Waals surface area contributed by atoms with Gasteiger partial charge in [0.1, 0.15) is 0 Å². The molecule has 15 heavy (non-hydrogen) atoms.